The minimum absolute atomic E-state index is 0.0456. The predicted octanol–water partition coefficient (Wildman–Crippen LogP) is 2.88. The summed E-state index contributed by atoms with van der Waals surface area (Å²) in [5, 5.41) is 4.06. The van der Waals surface area contributed by atoms with Crippen LogP contribution in [0.15, 0.2) is 16.7 Å². The first kappa shape index (κ1) is 11.9. The summed E-state index contributed by atoms with van der Waals surface area (Å²) in [7, 11) is 0. The molecule has 0 atom stereocenters. The summed E-state index contributed by atoms with van der Waals surface area (Å²) in [6, 6.07) is 3.35. The molecular formula is C9H8F3N3OS. The van der Waals surface area contributed by atoms with Gasteiger partial charge in [0.1, 0.15) is 0 Å². The van der Waals surface area contributed by atoms with Gasteiger partial charge in [-0.3, -0.25) is 0 Å². The van der Waals surface area contributed by atoms with Crippen molar-refractivity contribution in [2.24, 2.45) is 0 Å². The van der Waals surface area contributed by atoms with E-state index in [1.807, 2.05) is 0 Å². The number of aryl methyl sites for hydroxylation is 1. The van der Waals surface area contributed by atoms with Crippen LogP contribution in [0.25, 0.3) is 10.8 Å². The summed E-state index contributed by atoms with van der Waals surface area (Å²) in [6.45, 7) is 0. The van der Waals surface area contributed by atoms with Crippen molar-refractivity contribution < 1.29 is 17.7 Å². The number of halogens is 3. The molecule has 0 aliphatic carbocycles. The maximum atomic E-state index is 12.0. The minimum atomic E-state index is -4.21. The number of nitrogens with zero attached hydrogens (tertiary/aromatic N) is 2. The molecule has 0 saturated heterocycles. The quantitative estimate of drug-likeness (QED) is 0.924. The molecule has 0 fully saturated rings. The fourth-order valence-corrected chi connectivity index (χ4v) is 1.87. The van der Waals surface area contributed by atoms with Crippen LogP contribution in [0.5, 0.6) is 0 Å². The van der Waals surface area contributed by atoms with Gasteiger partial charge >= 0.3 is 6.18 Å². The first-order valence-corrected chi connectivity index (χ1v) is 5.51. The monoisotopic (exact) mass is 263 g/mol. The Morgan fingerprint density at radius 2 is 2.12 bits per heavy atom. The van der Waals surface area contributed by atoms with Crippen LogP contribution in [0.4, 0.5) is 18.2 Å². The van der Waals surface area contributed by atoms with Crippen LogP contribution in [0.2, 0.25) is 0 Å². The van der Waals surface area contributed by atoms with Crippen LogP contribution in [0, 0.1) is 0 Å². The number of hydrogen-bond acceptors (Lipinski definition) is 5. The lowest BCUT2D eigenvalue weighted by Crippen LogP contribution is -2.09. The maximum absolute atomic E-state index is 12.0. The molecule has 2 heterocycles. The van der Waals surface area contributed by atoms with E-state index in [-0.39, 0.29) is 18.1 Å². The number of nitrogen functional groups attached to an aromatic ring is 1. The van der Waals surface area contributed by atoms with E-state index < -0.39 is 12.6 Å². The van der Waals surface area contributed by atoms with Gasteiger partial charge in [0.25, 0.3) is 5.89 Å². The highest BCUT2D eigenvalue weighted by molar-refractivity contribution is 7.19. The lowest BCUT2D eigenvalue weighted by Gasteiger charge is -2.01. The van der Waals surface area contributed by atoms with Crippen LogP contribution >= 0.6 is 11.3 Å². The summed E-state index contributed by atoms with van der Waals surface area (Å²) in [4.78, 5) is 4.52. The molecule has 2 N–H and O–H groups in total. The van der Waals surface area contributed by atoms with Gasteiger partial charge in [-0.2, -0.15) is 18.2 Å². The number of anilines is 1. The first-order chi connectivity index (χ1) is 7.94. The molecule has 4 nitrogen and oxygen atoms in total. The number of alkyl halides is 3. The van der Waals surface area contributed by atoms with Gasteiger partial charge in [0.05, 0.1) is 16.3 Å². The predicted molar refractivity (Wildman–Crippen MR) is 56.4 cm³/mol. The average molecular weight is 263 g/mol. The van der Waals surface area contributed by atoms with Crippen molar-refractivity contribution in [3.8, 4) is 10.8 Å². The number of rotatable bonds is 3. The minimum Gasteiger partial charge on any atom is -0.391 e. The molecule has 0 spiro atoms. The van der Waals surface area contributed by atoms with Crippen molar-refractivity contribution in [1.29, 1.82) is 0 Å². The van der Waals surface area contributed by atoms with Crippen LogP contribution in [-0.4, -0.2) is 16.3 Å². The van der Waals surface area contributed by atoms with Gasteiger partial charge in [-0.15, -0.1) is 11.3 Å². The van der Waals surface area contributed by atoms with Crippen molar-refractivity contribution in [3.63, 3.8) is 0 Å². The molecule has 0 amide bonds. The average Bonchev–Trinajstić information content (AvgIpc) is 2.81. The van der Waals surface area contributed by atoms with Gasteiger partial charge < -0.3 is 10.3 Å². The van der Waals surface area contributed by atoms with E-state index in [0.717, 1.165) is 0 Å². The number of nitrogens with two attached hydrogens (primary N) is 1. The lowest BCUT2D eigenvalue weighted by molar-refractivity contribution is -0.134. The third kappa shape index (κ3) is 3.19. The summed E-state index contributed by atoms with van der Waals surface area (Å²) < 4.78 is 40.8. The molecule has 0 radical (unpaired) electrons. The zero-order valence-corrected chi connectivity index (χ0v) is 9.31. The van der Waals surface area contributed by atoms with Crippen molar-refractivity contribution in [2.45, 2.75) is 19.0 Å². The fraction of sp³-hybridized carbons (Fsp3) is 0.333. The molecule has 0 unspecified atom stereocenters. The fourth-order valence-electron chi connectivity index (χ4n) is 1.18. The van der Waals surface area contributed by atoms with E-state index in [0.29, 0.717) is 9.88 Å². The standard InChI is InChI=1S/C9H8F3N3OS/c10-9(11,12)4-3-7-14-8(16-15-7)5-1-2-6(13)17-5/h1-2H,3-4,13H2. The third-order valence-corrected chi connectivity index (χ3v) is 2.84. The van der Waals surface area contributed by atoms with Gasteiger partial charge in [0, 0.05) is 6.42 Å². The molecule has 92 valence electrons. The second-order valence-electron chi connectivity index (χ2n) is 3.33. The zero-order chi connectivity index (χ0) is 12.5. The van der Waals surface area contributed by atoms with E-state index in [4.69, 9.17) is 10.3 Å². The van der Waals surface area contributed by atoms with Gasteiger partial charge in [-0.25, -0.2) is 0 Å². The highest BCUT2D eigenvalue weighted by atomic mass is 32.1. The highest BCUT2D eigenvalue weighted by Crippen LogP contribution is 2.28. The molecule has 8 heteroatoms. The summed E-state index contributed by atoms with van der Waals surface area (Å²) in [5.74, 6) is 0.244. The van der Waals surface area contributed by atoms with Crippen molar-refractivity contribution in [1.82, 2.24) is 10.1 Å². The Morgan fingerprint density at radius 1 is 1.35 bits per heavy atom. The molecule has 0 aliphatic rings. The Morgan fingerprint density at radius 3 is 2.71 bits per heavy atom. The van der Waals surface area contributed by atoms with E-state index in [2.05, 4.69) is 10.1 Å². The molecule has 0 aromatic carbocycles. The molecule has 2 aromatic heterocycles. The Bertz CT molecular complexity index is 506. The second kappa shape index (κ2) is 4.36. The summed E-state index contributed by atoms with van der Waals surface area (Å²) in [5.41, 5.74) is 5.52. The van der Waals surface area contributed by atoms with E-state index in [1.54, 1.807) is 12.1 Å². The highest BCUT2D eigenvalue weighted by Gasteiger charge is 2.27. The van der Waals surface area contributed by atoms with Crippen LogP contribution in [-0.2, 0) is 6.42 Å². The Kier molecular flexibility index (Phi) is 3.05. The molecule has 0 saturated carbocycles. The van der Waals surface area contributed by atoms with E-state index in [1.165, 1.54) is 11.3 Å². The lowest BCUT2D eigenvalue weighted by atomic mass is 10.3. The van der Waals surface area contributed by atoms with Gasteiger partial charge in [0.15, 0.2) is 5.82 Å². The van der Waals surface area contributed by atoms with Crippen LogP contribution in [0.1, 0.15) is 12.2 Å². The number of thiophene rings is 1. The molecule has 17 heavy (non-hydrogen) atoms. The number of aromatic nitrogens is 2. The van der Waals surface area contributed by atoms with Crippen LogP contribution in [0.3, 0.4) is 0 Å². The van der Waals surface area contributed by atoms with Crippen LogP contribution < -0.4 is 5.73 Å². The van der Waals surface area contributed by atoms with E-state index >= 15 is 0 Å². The maximum Gasteiger partial charge on any atom is 0.389 e. The normalized spacial score (nSPS) is 11.9. The summed E-state index contributed by atoms with van der Waals surface area (Å²) >= 11 is 1.24. The molecule has 2 aromatic rings. The topological polar surface area (TPSA) is 64.9 Å². The first-order valence-electron chi connectivity index (χ1n) is 4.69. The largest absolute Gasteiger partial charge is 0.391 e. The van der Waals surface area contributed by atoms with Gasteiger partial charge in [0.2, 0.25) is 0 Å². The van der Waals surface area contributed by atoms with Crippen molar-refractivity contribution >= 4 is 16.3 Å². The molecular weight excluding hydrogens is 255 g/mol. The molecule has 2 rings (SSSR count). The third-order valence-electron chi connectivity index (χ3n) is 1.94. The Balaban J connectivity index is 2.06. The van der Waals surface area contributed by atoms with Gasteiger partial charge in [-0.1, -0.05) is 5.16 Å². The molecule has 0 aliphatic heterocycles. The van der Waals surface area contributed by atoms with Crippen molar-refractivity contribution in [3.05, 3.63) is 18.0 Å². The SMILES string of the molecule is Nc1ccc(-c2nc(CCC(F)(F)F)no2)s1. The second-order valence-corrected chi connectivity index (χ2v) is 4.45. The zero-order valence-electron chi connectivity index (χ0n) is 8.49. The van der Waals surface area contributed by atoms with Crippen molar-refractivity contribution in [2.75, 3.05) is 5.73 Å². The molecule has 0 bridgehead atoms. The summed E-state index contributed by atoms with van der Waals surface area (Å²) in [6.07, 6.45) is -5.46. The van der Waals surface area contributed by atoms with E-state index in [9.17, 15) is 13.2 Å². The van der Waals surface area contributed by atoms with Gasteiger partial charge in [-0.05, 0) is 12.1 Å². The Labute approximate surface area is 98.2 Å². The number of hydrogen-bond donors (Lipinski definition) is 1. The Hall–Kier alpha value is -1.57. The smallest absolute Gasteiger partial charge is 0.389 e.